The van der Waals surface area contributed by atoms with Crippen LogP contribution in [0.2, 0.25) is 5.02 Å². The zero-order valence-electron chi connectivity index (χ0n) is 10.8. The van der Waals surface area contributed by atoms with Gasteiger partial charge in [-0.05, 0) is 38.0 Å². The van der Waals surface area contributed by atoms with Crippen molar-refractivity contribution in [1.29, 1.82) is 0 Å². The number of hydrogen-bond donors (Lipinski definition) is 1. The van der Waals surface area contributed by atoms with Gasteiger partial charge >= 0.3 is 0 Å². The molecule has 1 aliphatic heterocycles. The molecule has 1 aliphatic rings. The summed E-state index contributed by atoms with van der Waals surface area (Å²) in [4.78, 5) is 8.60. The average Bonchev–Trinajstić information content (AvgIpc) is 2.38. The zero-order chi connectivity index (χ0) is 13.2. The highest BCUT2D eigenvalue weighted by atomic mass is 35.5. The minimum atomic E-state index is 0.300. The van der Waals surface area contributed by atoms with Crippen LogP contribution in [-0.2, 0) is 4.74 Å². The van der Waals surface area contributed by atoms with Gasteiger partial charge in [0.15, 0.2) is 0 Å². The summed E-state index contributed by atoms with van der Waals surface area (Å²) in [7, 11) is 0. The van der Waals surface area contributed by atoms with E-state index in [2.05, 4.69) is 22.2 Å². The van der Waals surface area contributed by atoms with Crippen LogP contribution in [0.4, 0.5) is 5.82 Å². The summed E-state index contributed by atoms with van der Waals surface area (Å²) in [6.07, 6.45) is 3.88. The number of rotatable bonds is 2. The smallest absolute Gasteiger partial charge is 0.137 e. The van der Waals surface area contributed by atoms with Gasteiger partial charge in [0.2, 0.25) is 0 Å². The molecule has 2 aromatic rings. The standard InChI is InChI=1S/C14H16ClN3O/c1-9-6-11(4-5-19-9)18-14-12-3-2-10(15)7-13(12)16-8-17-14/h2-3,7-9,11H,4-6H2,1H3,(H,16,17,18)/t9-,11-/m1/s1. The lowest BCUT2D eigenvalue weighted by Gasteiger charge is -2.28. The Kier molecular flexibility index (Phi) is 3.53. The molecule has 2 heterocycles. The summed E-state index contributed by atoms with van der Waals surface area (Å²) in [5.41, 5.74) is 0.866. The van der Waals surface area contributed by atoms with Gasteiger partial charge in [-0.1, -0.05) is 11.6 Å². The fourth-order valence-electron chi connectivity index (χ4n) is 2.47. The van der Waals surface area contributed by atoms with E-state index >= 15 is 0 Å². The second-order valence-corrected chi connectivity index (χ2v) is 5.37. The molecule has 0 unspecified atom stereocenters. The predicted octanol–water partition coefficient (Wildman–Crippen LogP) is 3.26. The second-order valence-electron chi connectivity index (χ2n) is 4.93. The molecule has 1 saturated heterocycles. The van der Waals surface area contributed by atoms with Crippen molar-refractivity contribution in [2.75, 3.05) is 11.9 Å². The fourth-order valence-corrected chi connectivity index (χ4v) is 2.63. The zero-order valence-corrected chi connectivity index (χ0v) is 11.5. The van der Waals surface area contributed by atoms with Crippen molar-refractivity contribution >= 4 is 28.3 Å². The number of fused-ring (bicyclic) bond motifs is 1. The Balaban J connectivity index is 1.88. The lowest BCUT2D eigenvalue weighted by molar-refractivity contribution is 0.0232. The first-order chi connectivity index (χ1) is 9.22. The predicted molar refractivity (Wildman–Crippen MR) is 76.6 cm³/mol. The summed E-state index contributed by atoms with van der Waals surface area (Å²) >= 11 is 5.98. The molecule has 1 aromatic carbocycles. The van der Waals surface area contributed by atoms with Crippen molar-refractivity contribution in [3.8, 4) is 0 Å². The Hall–Kier alpha value is -1.39. The minimum Gasteiger partial charge on any atom is -0.378 e. The molecular weight excluding hydrogens is 262 g/mol. The van der Waals surface area contributed by atoms with E-state index in [0.717, 1.165) is 36.2 Å². The number of hydrogen-bond acceptors (Lipinski definition) is 4. The highest BCUT2D eigenvalue weighted by molar-refractivity contribution is 6.31. The van der Waals surface area contributed by atoms with Crippen molar-refractivity contribution < 1.29 is 4.74 Å². The molecule has 3 rings (SSSR count). The quantitative estimate of drug-likeness (QED) is 0.915. The molecule has 0 spiro atoms. The highest BCUT2D eigenvalue weighted by Gasteiger charge is 2.20. The van der Waals surface area contributed by atoms with Crippen LogP contribution in [0.5, 0.6) is 0 Å². The number of anilines is 1. The van der Waals surface area contributed by atoms with Crippen LogP contribution >= 0.6 is 11.6 Å². The van der Waals surface area contributed by atoms with Crippen LogP contribution < -0.4 is 5.32 Å². The van der Waals surface area contributed by atoms with Gasteiger partial charge in [-0.15, -0.1) is 0 Å². The van der Waals surface area contributed by atoms with Crippen LogP contribution in [0.15, 0.2) is 24.5 Å². The Labute approximate surface area is 117 Å². The molecule has 0 radical (unpaired) electrons. The lowest BCUT2D eigenvalue weighted by Crippen LogP contribution is -2.32. The largest absolute Gasteiger partial charge is 0.378 e. The minimum absolute atomic E-state index is 0.300. The first-order valence-electron chi connectivity index (χ1n) is 6.51. The summed E-state index contributed by atoms with van der Waals surface area (Å²) in [5.74, 6) is 0.876. The fraction of sp³-hybridized carbons (Fsp3) is 0.429. The van der Waals surface area contributed by atoms with E-state index in [1.807, 2.05) is 18.2 Å². The molecule has 19 heavy (non-hydrogen) atoms. The third-order valence-electron chi connectivity index (χ3n) is 3.42. The molecule has 0 saturated carbocycles. The molecule has 100 valence electrons. The molecule has 1 fully saturated rings. The molecule has 1 aromatic heterocycles. The van der Waals surface area contributed by atoms with Gasteiger partial charge in [0.1, 0.15) is 12.1 Å². The van der Waals surface area contributed by atoms with Gasteiger partial charge in [0, 0.05) is 23.1 Å². The average molecular weight is 278 g/mol. The van der Waals surface area contributed by atoms with E-state index < -0.39 is 0 Å². The van der Waals surface area contributed by atoms with Crippen LogP contribution in [0.3, 0.4) is 0 Å². The Morgan fingerprint density at radius 2 is 2.26 bits per heavy atom. The van der Waals surface area contributed by atoms with E-state index in [0.29, 0.717) is 17.2 Å². The maximum atomic E-state index is 5.98. The topological polar surface area (TPSA) is 47.0 Å². The normalized spacial score (nSPS) is 23.5. The first-order valence-corrected chi connectivity index (χ1v) is 6.88. The molecular formula is C14H16ClN3O. The Bertz CT molecular complexity index is 590. The van der Waals surface area contributed by atoms with Crippen molar-refractivity contribution in [2.24, 2.45) is 0 Å². The maximum Gasteiger partial charge on any atom is 0.137 e. The summed E-state index contributed by atoms with van der Waals surface area (Å²) in [6.45, 7) is 2.90. The van der Waals surface area contributed by atoms with Crippen LogP contribution in [0, 0.1) is 0 Å². The third kappa shape index (κ3) is 2.80. The van der Waals surface area contributed by atoms with E-state index in [-0.39, 0.29) is 0 Å². The van der Waals surface area contributed by atoms with Gasteiger partial charge in [-0.2, -0.15) is 0 Å². The van der Waals surface area contributed by atoms with Crippen molar-refractivity contribution in [1.82, 2.24) is 9.97 Å². The van der Waals surface area contributed by atoms with E-state index in [1.54, 1.807) is 6.33 Å². The van der Waals surface area contributed by atoms with Gasteiger partial charge in [0.25, 0.3) is 0 Å². The molecule has 0 amide bonds. The van der Waals surface area contributed by atoms with Gasteiger partial charge in [-0.3, -0.25) is 0 Å². The van der Waals surface area contributed by atoms with Crippen molar-refractivity contribution in [2.45, 2.75) is 31.9 Å². The molecule has 0 aliphatic carbocycles. The third-order valence-corrected chi connectivity index (χ3v) is 3.66. The summed E-state index contributed by atoms with van der Waals surface area (Å²) < 4.78 is 5.56. The van der Waals surface area contributed by atoms with Gasteiger partial charge < -0.3 is 10.1 Å². The highest BCUT2D eigenvalue weighted by Crippen LogP contribution is 2.25. The van der Waals surface area contributed by atoms with Gasteiger partial charge in [-0.25, -0.2) is 9.97 Å². The lowest BCUT2D eigenvalue weighted by atomic mass is 10.0. The van der Waals surface area contributed by atoms with Gasteiger partial charge in [0.05, 0.1) is 11.6 Å². The number of halogens is 1. The molecule has 0 bridgehead atoms. The molecule has 1 N–H and O–H groups in total. The monoisotopic (exact) mass is 277 g/mol. The van der Waals surface area contributed by atoms with E-state index in [1.165, 1.54) is 0 Å². The Morgan fingerprint density at radius 1 is 1.37 bits per heavy atom. The maximum absolute atomic E-state index is 5.98. The Morgan fingerprint density at radius 3 is 3.11 bits per heavy atom. The van der Waals surface area contributed by atoms with E-state index in [4.69, 9.17) is 16.3 Å². The molecule has 4 nitrogen and oxygen atoms in total. The SMILES string of the molecule is C[C@@H]1C[C@H](Nc2ncnc3cc(Cl)ccc23)CCO1. The number of aromatic nitrogens is 2. The second kappa shape index (κ2) is 5.31. The summed E-state index contributed by atoms with van der Waals surface area (Å²) in [6, 6.07) is 6.09. The summed E-state index contributed by atoms with van der Waals surface area (Å²) in [5, 5.41) is 5.20. The number of nitrogens with zero attached hydrogens (tertiary/aromatic N) is 2. The van der Waals surface area contributed by atoms with Crippen LogP contribution in [-0.4, -0.2) is 28.7 Å². The van der Waals surface area contributed by atoms with Crippen molar-refractivity contribution in [3.05, 3.63) is 29.5 Å². The van der Waals surface area contributed by atoms with Crippen LogP contribution in [0.1, 0.15) is 19.8 Å². The van der Waals surface area contributed by atoms with Crippen LogP contribution in [0.25, 0.3) is 10.9 Å². The number of benzene rings is 1. The van der Waals surface area contributed by atoms with Crippen molar-refractivity contribution in [3.63, 3.8) is 0 Å². The van der Waals surface area contributed by atoms with E-state index in [9.17, 15) is 0 Å². The number of ether oxygens (including phenoxy) is 1. The number of nitrogens with one attached hydrogen (secondary N) is 1. The molecule has 2 atom stereocenters. The first kappa shape index (κ1) is 12.6. The molecule has 5 heteroatoms.